The first-order chi connectivity index (χ1) is 4.84. The molecule has 0 spiro atoms. The number of hydrogen-bond acceptors (Lipinski definition) is 0. The molecule has 0 nitrogen and oxygen atoms in total. The maximum atomic E-state index is 5.24. The van der Waals surface area contributed by atoms with Crippen LogP contribution in [0.2, 0.25) is 0 Å². The van der Waals surface area contributed by atoms with Crippen molar-refractivity contribution in [1.29, 1.82) is 0 Å². The van der Waals surface area contributed by atoms with Gasteiger partial charge in [0.1, 0.15) is 0 Å². The summed E-state index contributed by atoms with van der Waals surface area (Å²) < 4.78 is 0. The van der Waals surface area contributed by atoms with Crippen LogP contribution in [0.4, 0.5) is 0 Å². The van der Waals surface area contributed by atoms with Gasteiger partial charge in [0.25, 0.3) is 0 Å². The lowest BCUT2D eigenvalue weighted by molar-refractivity contribution is 0.369. The molecule has 1 heteroatoms. The quantitative estimate of drug-likeness (QED) is 0.537. The highest BCUT2D eigenvalue weighted by molar-refractivity contribution is 7.81. The lowest BCUT2D eigenvalue weighted by atomic mass is 9.87. The first-order valence-corrected chi connectivity index (χ1v) is 4.60. The van der Waals surface area contributed by atoms with Crippen LogP contribution >= 0.6 is 12.6 Å². The van der Waals surface area contributed by atoms with Crippen LogP contribution in [0.5, 0.6) is 0 Å². The molecule has 1 fully saturated rings. The second-order valence-corrected chi connectivity index (χ2v) is 3.64. The molecule has 0 amide bonds. The standard InChI is InChI=1S/C9H15S/c1-2-9(10)8-6-4-3-5-7-8/h2,8-9H,1,3-7H2. The van der Waals surface area contributed by atoms with Crippen LogP contribution in [-0.2, 0) is 0 Å². The molecule has 1 saturated carbocycles. The van der Waals surface area contributed by atoms with E-state index in [-0.39, 0.29) is 0 Å². The van der Waals surface area contributed by atoms with Gasteiger partial charge in [-0.3, -0.25) is 0 Å². The minimum absolute atomic E-state index is 0.334. The molecule has 0 aromatic heterocycles. The van der Waals surface area contributed by atoms with Gasteiger partial charge in [0, 0.05) is 5.25 Å². The number of rotatable bonds is 2. The van der Waals surface area contributed by atoms with Crippen molar-refractivity contribution in [3.8, 4) is 0 Å². The van der Waals surface area contributed by atoms with Crippen molar-refractivity contribution in [2.24, 2.45) is 5.92 Å². The van der Waals surface area contributed by atoms with Crippen molar-refractivity contribution < 1.29 is 0 Å². The van der Waals surface area contributed by atoms with Crippen LogP contribution in [0.3, 0.4) is 0 Å². The molecular weight excluding hydrogens is 140 g/mol. The van der Waals surface area contributed by atoms with Gasteiger partial charge >= 0.3 is 0 Å². The Bertz CT molecular complexity index is 103. The lowest BCUT2D eigenvalue weighted by Gasteiger charge is -2.23. The van der Waals surface area contributed by atoms with E-state index in [1.165, 1.54) is 32.1 Å². The fourth-order valence-electron chi connectivity index (χ4n) is 1.66. The molecule has 0 aromatic carbocycles. The van der Waals surface area contributed by atoms with E-state index in [0.29, 0.717) is 5.25 Å². The van der Waals surface area contributed by atoms with Crippen molar-refractivity contribution in [2.45, 2.75) is 37.4 Å². The summed E-state index contributed by atoms with van der Waals surface area (Å²) in [6.07, 6.45) is 8.76. The Morgan fingerprint density at radius 3 is 2.40 bits per heavy atom. The molecular formula is C9H15S. The molecule has 57 valence electrons. The fourth-order valence-corrected chi connectivity index (χ4v) is 1.93. The summed E-state index contributed by atoms with van der Waals surface area (Å²) in [6, 6.07) is 0. The summed E-state index contributed by atoms with van der Waals surface area (Å²) in [4.78, 5) is 0. The van der Waals surface area contributed by atoms with E-state index in [2.05, 4.69) is 6.58 Å². The third-order valence-electron chi connectivity index (χ3n) is 2.35. The smallest absolute Gasteiger partial charge is 0.0357 e. The Kier molecular flexibility index (Phi) is 3.33. The van der Waals surface area contributed by atoms with Gasteiger partial charge in [-0.25, -0.2) is 0 Å². The van der Waals surface area contributed by atoms with Crippen molar-refractivity contribution >= 4 is 12.6 Å². The van der Waals surface area contributed by atoms with Gasteiger partial charge in [-0.1, -0.05) is 38.0 Å². The second-order valence-electron chi connectivity index (χ2n) is 3.10. The maximum absolute atomic E-state index is 5.24. The Morgan fingerprint density at radius 2 is 1.90 bits per heavy atom. The molecule has 1 aliphatic carbocycles. The van der Waals surface area contributed by atoms with Gasteiger partial charge in [-0.15, -0.1) is 6.58 Å². The van der Waals surface area contributed by atoms with E-state index in [1.807, 2.05) is 6.08 Å². The Balaban J connectivity index is 2.30. The van der Waals surface area contributed by atoms with Gasteiger partial charge in [-0.05, 0) is 18.8 Å². The van der Waals surface area contributed by atoms with Crippen LogP contribution in [-0.4, -0.2) is 5.25 Å². The lowest BCUT2D eigenvalue weighted by Crippen LogP contribution is -2.15. The van der Waals surface area contributed by atoms with E-state index in [0.717, 1.165) is 5.92 Å². The Hall–Kier alpha value is 0.0900. The molecule has 0 aliphatic heterocycles. The molecule has 1 unspecified atom stereocenters. The third-order valence-corrected chi connectivity index (χ3v) is 2.92. The largest absolute Gasteiger partial charge is 0.102 e. The van der Waals surface area contributed by atoms with Crippen LogP contribution in [0.1, 0.15) is 32.1 Å². The molecule has 1 aliphatic rings. The first kappa shape index (κ1) is 8.19. The van der Waals surface area contributed by atoms with Crippen molar-refractivity contribution in [3.63, 3.8) is 0 Å². The maximum Gasteiger partial charge on any atom is 0.0357 e. The average molecular weight is 155 g/mol. The van der Waals surface area contributed by atoms with Crippen molar-refractivity contribution in [3.05, 3.63) is 12.7 Å². The summed E-state index contributed by atoms with van der Waals surface area (Å²) in [6.45, 7) is 3.73. The summed E-state index contributed by atoms with van der Waals surface area (Å²) >= 11 is 5.24. The average Bonchev–Trinajstić information content (AvgIpc) is 2.05. The van der Waals surface area contributed by atoms with Gasteiger partial charge in [0.15, 0.2) is 0 Å². The highest BCUT2D eigenvalue weighted by atomic mass is 32.1. The summed E-state index contributed by atoms with van der Waals surface area (Å²) in [5.74, 6) is 0.765. The summed E-state index contributed by atoms with van der Waals surface area (Å²) in [7, 11) is 0. The normalized spacial score (nSPS) is 24.1. The van der Waals surface area contributed by atoms with Crippen LogP contribution < -0.4 is 0 Å². The van der Waals surface area contributed by atoms with Gasteiger partial charge in [0.05, 0.1) is 0 Å². The topological polar surface area (TPSA) is 0 Å². The zero-order chi connectivity index (χ0) is 7.40. The van der Waals surface area contributed by atoms with Crippen LogP contribution in [0.15, 0.2) is 12.7 Å². The zero-order valence-electron chi connectivity index (χ0n) is 6.38. The summed E-state index contributed by atoms with van der Waals surface area (Å²) in [5, 5.41) is 0.334. The van der Waals surface area contributed by atoms with Gasteiger partial charge in [-0.2, -0.15) is 0 Å². The molecule has 1 radical (unpaired) electrons. The Morgan fingerprint density at radius 1 is 1.30 bits per heavy atom. The van der Waals surface area contributed by atoms with E-state index < -0.39 is 0 Å². The molecule has 1 atom stereocenters. The SMILES string of the molecule is C=CC([S])C1CCCCC1. The monoisotopic (exact) mass is 155 g/mol. The van der Waals surface area contributed by atoms with Gasteiger partial charge in [0.2, 0.25) is 0 Å². The zero-order valence-corrected chi connectivity index (χ0v) is 7.20. The Labute approximate surface area is 69.1 Å². The highest BCUT2D eigenvalue weighted by Crippen LogP contribution is 2.29. The van der Waals surface area contributed by atoms with E-state index >= 15 is 0 Å². The van der Waals surface area contributed by atoms with Crippen molar-refractivity contribution in [1.82, 2.24) is 0 Å². The minimum Gasteiger partial charge on any atom is -0.102 e. The van der Waals surface area contributed by atoms with E-state index in [1.54, 1.807) is 0 Å². The minimum atomic E-state index is 0.334. The number of hydrogen-bond donors (Lipinski definition) is 0. The van der Waals surface area contributed by atoms with E-state index in [4.69, 9.17) is 12.6 Å². The summed E-state index contributed by atoms with van der Waals surface area (Å²) in [5.41, 5.74) is 0. The van der Waals surface area contributed by atoms with Crippen LogP contribution in [0, 0.1) is 5.92 Å². The molecule has 0 bridgehead atoms. The predicted octanol–water partition coefficient (Wildman–Crippen LogP) is 3.32. The molecule has 0 aromatic rings. The molecule has 1 rings (SSSR count). The highest BCUT2D eigenvalue weighted by Gasteiger charge is 2.18. The van der Waals surface area contributed by atoms with Crippen molar-refractivity contribution in [2.75, 3.05) is 0 Å². The van der Waals surface area contributed by atoms with Crippen LogP contribution in [0.25, 0.3) is 0 Å². The molecule has 0 N–H and O–H groups in total. The molecule has 0 saturated heterocycles. The molecule has 10 heavy (non-hydrogen) atoms. The van der Waals surface area contributed by atoms with E-state index in [9.17, 15) is 0 Å². The first-order valence-electron chi connectivity index (χ1n) is 4.13. The predicted molar refractivity (Wildman–Crippen MR) is 48.2 cm³/mol. The third kappa shape index (κ3) is 2.05. The fraction of sp³-hybridized carbons (Fsp3) is 0.778. The van der Waals surface area contributed by atoms with Gasteiger partial charge < -0.3 is 0 Å². The second kappa shape index (κ2) is 4.07. The molecule has 0 heterocycles.